The lowest BCUT2D eigenvalue weighted by atomic mass is 9.95. The number of methoxy groups -OCH3 is 2. The number of carbonyl (C=O) groups is 1. The minimum Gasteiger partial charge on any atom is -0.493 e. The highest BCUT2D eigenvalue weighted by molar-refractivity contribution is 5.92. The van der Waals surface area contributed by atoms with E-state index in [1.165, 1.54) is 13.4 Å². The Balaban J connectivity index is 1.70. The van der Waals surface area contributed by atoms with Crippen LogP contribution in [0.1, 0.15) is 24.1 Å². The fourth-order valence-corrected chi connectivity index (χ4v) is 3.48. The Labute approximate surface area is 174 Å². The standard InChI is InChI=1S/C22H22N4O4/c1-14-19(21(27)29-3)20(26-22(25-14)23-13-24-26)16-9-10-17(18(11-16)28-2)30-12-15-7-5-4-6-8-15/h4-11,13,20H,12H2,1-3H3,(H,23,24,25)/t20-/m1/s1. The molecule has 0 bridgehead atoms. The zero-order valence-corrected chi connectivity index (χ0v) is 17.0. The summed E-state index contributed by atoms with van der Waals surface area (Å²) in [5, 5.41) is 7.39. The fourth-order valence-electron chi connectivity index (χ4n) is 3.48. The quantitative estimate of drug-likeness (QED) is 0.628. The van der Waals surface area contributed by atoms with Gasteiger partial charge in [-0.05, 0) is 30.2 Å². The van der Waals surface area contributed by atoms with Crippen molar-refractivity contribution < 1.29 is 19.0 Å². The van der Waals surface area contributed by atoms with Gasteiger partial charge in [-0.1, -0.05) is 36.4 Å². The number of nitrogens with zero attached hydrogens (tertiary/aromatic N) is 3. The Morgan fingerprint density at radius 2 is 1.93 bits per heavy atom. The van der Waals surface area contributed by atoms with Crippen molar-refractivity contribution >= 4 is 11.9 Å². The predicted molar refractivity (Wildman–Crippen MR) is 110 cm³/mol. The van der Waals surface area contributed by atoms with E-state index in [-0.39, 0.29) is 0 Å². The molecule has 4 rings (SSSR count). The van der Waals surface area contributed by atoms with Crippen LogP contribution in [-0.4, -0.2) is 35.0 Å². The monoisotopic (exact) mass is 406 g/mol. The number of fused-ring (bicyclic) bond motifs is 1. The minimum absolute atomic E-state index is 0.420. The van der Waals surface area contributed by atoms with E-state index in [1.54, 1.807) is 11.8 Å². The molecule has 1 aromatic heterocycles. The van der Waals surface area contributed by atoms with E-state index in [1.807, 2.05) is 55.5 Å². The molecule has 2 heterocycles. The van der Waals surface area contributed by atoms with Crippen LogP contribution >= 0.6 is 0 Å². The van der Waals surface area contributed by atoms with E-state index < -0.39 is 12.0 Å². The van der Waals surface area contributed by atoms with E-state index in [4.69, 9.17) is 14.2 Å². The normalized spacial score (nSPS) is 15.2. The molecule has 1 aliphatic rings. The maximum Gasteiger partial charge on any atom is 0.338 e. The van der Waals surface area contributed by atoms with E-state index in [0.29, 0.717) is 35.3 Å². The van der Waals surface area contributed by atoms with Gasteiger partial charge in [-0.15, -0.1) is 0 Å². The first-order chi connectivity index (χ1) is 14.6. The number of ether oxygens (including phenoxy) is 3. The van der Waals surface area contributed by atoms with Crippen LogP contribution in [0.3, 0.4) is 0 Å². The molecule has 2 aromatic carbocycles. The number of esters is 1. The predicted octanol–water partition coefficient (Wildman–Crippen LogP) is 3.33. The van der Waals surface area contributed by atoms with Crippen molar-refractivity contribution in [3.63, 3.8) is 0 Å². The average Bonchev–Trinajstić information content (AvgIpc) is 3.24. The van der Waals surface area contributed by atoms with Crippen molar-refractivity contribution in [2.45, 2.75) is 19.6 Å². The summed E-state index contributed by atoms with van der Waals surface area (Å²) in [6.45, 7) is 2.23. The summed E-state index contributed by atoms with van der Waals surface area (Å²) >= 11 is 0. The highest BCUT2D eigenvalue weighted by Gasteiger charge is 2.34. The van der Waals surface area contributed by atoms with Crippen molar-refractivity contribution in [1.82, 2.24) is 14.8 Å². The maximum absolute atomic E-state index is 12.5. The second kappa shape index (κ2) is 8.28. The summed E-state index contributed by atoms with van der Waals surface area (Å²) in [5.74, 6) is 1.28. The van der Waals surface area contributed by atoms with Crippen LogP contribution in [0, 0.1) is 0 Å². The summed E-state index contributed by atoms with van der Waals surface area (Å²) in [7, 11) is 2.94. The molecule has 154 valence electrons. The lowest BCUT2D eigenvalue weighted by Crippen LogP contribution is -2.29. The molecule has 0 radical (unpaired) electrons. The van der Waals surface area contributed by atoms with Crippen LogP contribution in [0.5, 0.6) is 11.5 Å². The Hall–Kier alpha value is -3.81. The number of hydrogen-bond donors (Lipinski definition) is 1. The summed E-state index contributed by atoms with van der Waals surface area (Å²) in [6, 6.07) is 15.0. The van der Waals surface area contributed by atoms with Gasteiger partial charge in [0.1, 0.15) is 19.0 Å². The summed E-state index contributed by atoms with van der Waals surface area (Å²) in [6.07, 6.45) is 1.44. The number of benzene rings is 2. The molecule has 1 N–H and O–H groups in total. The van der Waals surface area contributed by atoms with Gasteiger partial charge in [0.15, 0.2) is 11.5 Å². The van der Waals surface area contributed by atoms with Crippen molar-refractivity contribution in [2.24, 2.45) is 0 Å². The lowest BCUT2D eigenvalue weighted by Gasteiger charge is -2.28. The SMILES string of the molecule is COC(=O)C1=C(C)Nc2ncnn2[C@@H]1c1ccc(OCc2ccccc2)c(OC)c1. The zero-order chi connectivity index (χ0) is 21.1. The smallest absolute Gasteiger partial charge is 0.338 e. The number of rotatable bonds is 6. The lowest BCUT2D eigenvalue weighted by molar-refractivity contribution is -0.136. The first-order valence-corrected chi connectivity index (χ1v) is 9.42. The highest BCUT2D eigenvalue weighted by atomic mass is 16.5. The third kappa shape index (κ3) is 3.59. The Bertz CT molecular complexity index is 1090. The highest BCUT2D eigenvalue weighted by Crippen LogP contribution is 2.38. The zero-order valence-electron chi connectivity index (χ0n) is 17.0. The van der Waals surface area contributed by atoms with Gasteiger partial charge in [-0.3, -0.25) is 0 Å². The van der Waals surface area contributed by atoms with Gasteiger partial charge in [0.25, 0.3) is 0 Å². The van der Waals surface area contributed by atoms with Crippen LogP contribution < -0.4 is 14.8 Å². The molecule has 30 heavy (non-hydrogen) atoms. The topological polar surface area (TPSA) is 87.5 Å². The maximum atomic E-state index is 12.5. The third-order valence-electron chi connectivity index (χ3n) is 4.94. The molecule has 1 aliphatic heterocycles. The first-order valence-electron chi connectivity index (χ1n) is 9.42. The molecule has 3 aromatic rings. The molecule has 0 saturated heterocycles. The molecule has 8 nitrogen and oxygen atoms in total. The van der Waals surface area contributed by atoms with Gasteiger partial charge in [0, 0.05) is 5.70 Å². The van der Waals surface area contributed by atoms with Gasteiger partial charge < -0.3 is 19.5 Å². The van der Waals surface area contributed by atoms with Crippen LogP contribution in [0.2, 0.25) is 0 Å². The number of anilines is 1. The van der Waals surface area contributed by atoms with Gasteiger partial charge in [-0.2, -0.15) is 10.1 Å². The Morgan fingerprint density at radius 1 is 1.13 bits per heavy atom. The number of allylic oxidation sites excluding steroid dienone is 1. The Morgan fingerprint density at radius 3 is 2.67 bits per heavy atom. The third-order valence-corrected chi connectivity index (χ3v) is 4.94. The summed E-state index contributed by atoms with van der Waals surface area (Å²) in [4.78, 5) is 16.8. The molecule has 0 aliphatic carbocycles. The first kappa shape index (κ1) is 19.5. The molecule has 0 saturated carbocycles. The van der Waals surface area contributed by atoms with Crippen molar-refractivity contribution in [2.75, 3.05) is 19.5 Å². The van der Waals surface area contributed by atoms with Crippen molar-refractivity contribution in [3.8, 4) is 11.5 Å². The largest absolute Gasteiger partial charge is 0.493 e. The van der Waals surface area contributed by atoms with E-state index in [9.17, 15) is 4.79 Å². The van der Waals surface area contributed by atoms with Gasteiger partial charge in [0.05, 0.1) is 19.8 Å². The van der Waals surface area contributed by atoms with Gasteiger partial charge in [0.2, 0.25) is 5.95 Å². The van der Waals surface area contributed by atoms with Crippen LogP contribution in [0.25, 0.3) is 0 Å². The number of nitrogens with one attached hydrogen (secondary N) is 1. The minimum atomic E-state index is -0.506. The molecule has 0 unspecified atom stereocenters. The van der Waals surface area contributed by atoms with E-state index in [2.05, 4.69) is 15.4 Å². The number of carbonyl (C=O) groups excluding carboxylic acids is 1. The van der Waals surface area contributed by atoms with Crippen LogP contribution in [-0.2, 0) is 16.1 Å². The number of hydrogen-bond acceptors (Lipinski definition) is 7. The van der Waals surface area contributed by atoms with Crippen molar-refractivity contribution in [1.29, 1.82) is 0 Å². The van der Waals surface area contributed by atoms with Gasteiger partial charge in [-0.25, -0.2) is 9.48 Å². The Kier molecular flexibility index (Phi) is 5.38. The molecular weight excluding hydrogens is 384 g/mol. The second-order valence-corrected chi connectivity index (χ2v) is 6.77. The molecule has 8 heteroatoms. The molecule has 1 atom stereocenters. The van der Waals surface area contributed by atoms with Crippen molar-refractivity contribution in [3.05, 3.63) is 77.3 Å². The number of aromatic nitrogens is 3. The van der Waals surface area contributed by atoms with E-state index >= 15 is 0 Å². The molecular formula is C22H22N4O4. The fraction of sp³-hybridized carbons (Fsp3) is 0.227. The van der Waals surface area contributed by atoms with E-state index in [0.717, 1.165) is 11.1 Å². The second-order valence-electron chi connectivity index (χ2n) is 6.77. The summed E-state index contributed by atoms with van der Waals surface area (Å²) in [5.41, 5.74) is 2.97. The summed E-state index contributed by atoms with van der Waals surface area (Å²) < 4.78 is 18.2. The molecule has 0 fully saturated rings. The van der Waals surface area contributed by atoms with Gasteiger partial charge >= 0.3 is 5.97 Å². The van der Waals surface area contributed by atoms with Crippen LogP contribution in [0.4, 0.5) is 5.95 Å². The molecule has 0 spiro atoms. The average molecular weight is 406 g/mol. The van der Waals surface area contributed by atoms with Crippen LogP contribution in [0.15, 0.2) is 66.1 Å². The molecule has 0 amide bonds.